The average molecular weight is 354 g/mol. The second kappa shape index (κ2) is 11.4. The Morgan fingerprint density at radius 1 is 1.19 bits per heavy atom. The molecule has 4 heteroatoms. The zero-order valence-electron chi connectivity index (χ0n) is 15.9. The molecule has 4 nitrogen and oxygen atoms in total. The van der Waals surface area contributed by atoms with Crippen molar-refractivity contribution in [3.8, 4) is 11.3 Å². The topological polar surface area (TPSA) is 55.0 Å². The molecule has 0 spiro atoms. The van der Waals surface area contributed by atoms with Crippen LogP contribution < -0.4 is 5.56 Å². The Kier molecular flexibility index (Phi) is 8.84. The van der Waals surface area contributed by atoms with Crippen LogP contribution >= 0.6 is 0 Å². The normalized spacial score (nSPS) is 12.5. The first-order chi connectivity index (χ1) is 12.7. The molecule has 1 unspecified atom stereocenters. The summed E-state index contributed by atoms with van der Waals surface area (Å²) in [7, 11) is 0. The van der Waals surface area contributed by atoms with Crippen molar-refractivity contribution in [3.05, 3.63) is 58.7 Å². The first kappa shape index (κ1) is 20.1. The Labute approximate surface area is 156 Å². The number of aromatic amines is 1. The summed E-state index contributed by atoms with van der Waals surface area (Å²) >= 11 is 0. The van der Waals surface area contributed by atoms with Crippen molar-refractivity contribution < 1.29 is 4.74 Å². The molecule has 0 bridgehead atoms. The summed E-state index contributed by atoms with van der Waals surface area (Å²) < 4.78 is 5.82. The number of hydrogen-bond acceptors (Lipinski definition) is 3. The van der Waals surface area contributed by atoms with Crippen molar-refractivity contribution in [2.45, 2.75) is 58.5 Å². The third-order valence-corrected chi connectivity index (χ3v) is 4.32. The Bertz CT molecular complexity index is 699. The number of allylic oxidation sites excluding steroid dienone is 1. The van der Waals surface area contributed by atoms with Gasteiger partial charge < -0.3 is 9.72 Å². The van der Waals surface area contributed by atoms with E-state index in [1.54, 1.807) is 6.20 Å². The molecule has 0 aliphatic heterocycles. The molecule has 2 rings (SSSR count). The fourth-order valence-electron chi connectivity index (χ4n) is 2.73. The molecule has 0 saturated heterocycles. The molecule has 0 saturated carbocycles. The molecule has 0 amide bonds. The molecule has 1 atom stereocenters. The average Bonchev–Trinajstić information content (AvgIpc) is 2.66. The maximum Gasteiger partial charge on any atom is 0.266 e. The lowest BCUT2D eigenvalue weighted by atomic mass is 10.1. The molecular formula is C22H30N2O2. The second-order valence-corrected chi connectivity index (χ2v) is 6.64. The zero-order chi connectivity index (χ0) is 18.6. The summed E-state index contributed by atoms with van der Waals surface area (Å²) in [6.45, 7) is 5.27. The fourth-order valence-corrected chi connectivity index (χ4v) is 2.73. The molecule has 0 fully saturated rings. The standard InChI is InChI=1S/C22H30N2O2/c1-3-4-8-15-26-18(2)9-6-5-7-10-19-11-13-20(14-12-19)21-16-24-22(25)17-23-21/h7,10-14,16-18H,3-6,8-9,15H2,1-2H3,(H,24,25)/b10-7+. The summed E-state index contributed by atoms with van der Waals surface area (Å²) in [6.07, 6.45) is 14.6. The van der Waals surface area contributed by atoms with Crippen molar-refractivity contribution in [2.24, 2.45) is 0 Å². The van der Waals surface area contributed by atoms with Gasteiger partial charge in [-0.25, -0.2) is 4.98 Å². The minimum absolute atomic E-state index is 0.186. The van der Waals surface area contributed by atoms with Gasteiger partial charge in [-0.3, -0.25) is 4.79 Å². The van der Waals surface area contributed by atoms with E-state index in [-0.39, 0.29) is 5.56 Å². The number of ether oxygens (including phenoxy) is 1. The van der Waals surface area contributed by atoms with Crippen molar-refractivity contribution in [1.29, 1.82) is 0 Å². The quantitative estimate of drug-likeness (QED) is 0.563. The molecule has 2 aromatic rings. The maximum absolute atomic E-state index is 11.1. The van der Waals surface area contributed by atoms with Crippen molar-refractivity contribution in [3.63, 3.8) is 0 Å². The molecule has 0 radical (unpaired) electrons. The number of hydrogen-bond donors (Lipinski definition) is 1. The fraction of sp³-hybridized carbons (Fsp3) is 0.455. The van der Waals surface area contributed by atoms with E-state index < -0.39 is 0 Å². The summed E-state index contributed by atoms with van der Waals surface area (Å²) in [4.78, 5) is 17.8. The van der Waals surface area contributed by atoms with E-state index in [4.69, 9.17) is 4.74 Å². The van der Waals surface area contributed by atoms with E-state index in [0.717, 1.165) is 37.1 Å². The molecule has 1 aromatic carbocycles. The van der Waals surface area contributed by atoms with Crippen LogP contribution in [0.3, 0.4) is 0 Å². The van der Waals surface area contributed by atoms with Gasteiger partial charge in [-0.1, -0.05) is 56.2 Å². The monoisotopic (exact) mass is 354 g/mol. The third kappa shape index (κ3) is 7.36. The van der Waals surface area contributed by atoms with E-state index in [9.17, 15) is 4.79 Å². The predicted molar refractivity (Wildman–Crippen MR) is 108 cm³/mol. The minimum atomic E-state index is -0.186. The van der Waals surface area contributed by atoms with Crippen LogP contribution in [-0.2, 0) is 4.74 Å². The number of unbranched alkanes of at least 4 members (excludes halogenated alkanes) is 3. The van der Waals surface area contributed by atoms with E-state index in [2.05, 4.69) is 48.1 Å². The SMILES string of the molecule is CCCCCOC(C)CCC/C=C/c1ccc(-c2c[nH]c(=O)cn2)cc1. The van der Waals surface area contributed by atoms with Gasteiger partial charge in [0.1, 0.15) is 0 Å². The summed E-state index contributed by atoms with van der Waals surface area (Å²) in [5, 5.41) is 0. The number of H-pyrrole nitrogens is 1. The number of nitrogens with one attached hydrogen (secondary N) is 1. The number of rotatable bonds is 11. The Hall–Kier alpha value is -2.20. The highest BCUT2D eigenvalue weighted by Gasteiger charge is 2.01. The van der Waals surface area contributed by atoms with E-state index >= 15 is 0 Å². The van der Waals surface area contributed by atoms with Crippen LogP contribution in [0.1, 0.15) is 57.9 Å². The van der Waals surface area contributed by atoms with Gasteiger partial charge in [0.15, 0.2) is 0 Å². The van der Waals surface area contributed by atoms with Crippen molar-refractivity contribution in [2.75, 3.05) is 6.61 Å². The molecule has 1 N–H and O–H groups in total. The maximum atomic E-state index is 11.1. The van der Waals surface area contributed by atoms with E-state index in [0.29, 0.717) is 6.10 Å². The smallest absolute Gasteiger partial charge is 0.266 e. The van der Waals surface area contributed by atoms with Crippen LogP contribution in [0.5, 0.6) is 0 Å². The molecule has 0 aliphatic rings. The molecule has 1 heterocycles. The number of benzene rings is 1. The Balaban J connectivity index is 1.70. The van der Waals surface area contributed by atoms with Gasteiger partial charge in [0.2, 0.25) is 0 Å². The van der Waals surface area contributed by atoms with Gasteiger partial charge in [-0.05, 0) is 38.2 Å². The highest BCUT2D eigenvalue weighted by molar-refractivity contribution is 5.61. The summed E-state index contributed by atoms with van der Waals surface area (Å²) in [6, 6.07) is 8.18. The van der Waals surface area contributed by atoms with Crippen LogP contribution in [0.25, 0.3) is 17.3 Å². The van der Waals surface area contributed by atoms with Gasteiger partial charge in [-0.2, -0.15) is 0 Å². The van der Waals surface area contributed by atoms with Crippen LogP contribution in [0.15, 0.2) is 47.5 Å². The third-order valence-electron chi connectivity index (χ3n) is 4.32. The lowest BCUT2D eigenvalue weighted by Gasteiger charge is -2.11. The molecule has 26 heavy (non-hydrogen) atoms. The largest absolute Gasteiger partial charge is 0.379 e. The molecule has 140 valence electrons. The van der Waals surface area contributed by atoms with Gasteiger partial charge in [0.05, 0.1) is 18.0 Å². The van der Waals surface area contributed by atoms with Crippen molar-refractivity contribution >= 4 is 6.08 Å². The first-order valence-corrected chi connectivity index (χ1v) is 9.62. The van der Waals surface area contributed by atoms with Gasteiger partial charge in [0.25, 0.3) is 5.56 Å². The Morgan fingerprint density at radius 2 is 2.00 bits per heavy atom. The number of aromatic nitrogens is 2. The van der Waals surface area contributed by atoms with Gasteiger partial charge in [0, 0.05) is 18.4 Å². The minimum Gasteiger partial charge on any atom is -0.379 e. The van der Waals surface area contributed by atoms with Crippen LogP contribution in [0, 0.1) is 0 Å². The van der Waals surface area contributed by atoms with E-state index in [1.807, 2.05) is 12.1 Å². The van der Waals surface area contributed by atoms with Gasteiger partial charge >= 0.3 is 0 Å². The molecule has 0 aliphatic carbocycles. The predicted octanol–water partition coefficient (Wildman–Crippen LogP) is 5.22. The second-order valence-electron chi connectivity index (χ2n) is 6.64. The lowest BCUT2D eigenvalue weighted by Crippen LogP contribution is -2.08. The lowest BCUT2D eigenvalue weighted by molar-refractivity contribution is 0.0566. The molecule has 1 aromatic heterocycles. The van der Waals surface area contributed by atoms with E-state index in [1.165, 1.54) is 31.0 Å². The van der Waals surface area contributed by atoms with Crippen molar-refractivity contribution in [1.82, 2.24) is 9.97 Å². The van der Waals surface area contributed by atoms with Crippen LogP contribution in [0.2, 0.25) is 0 Å². The highest BCUT2D eigenvalue weighted by Crippen LogP contribution is 2.16. The van der Waals surface area contributed by atoms with Crippen LogP contribution in [-0.4, -0.2) is 22.7 Å². The number of nitrogens with zero attached hydrogens (tertiary/aromatic N) is 1. The summed E-state index contributed by atoms with van der Waals surface area (Å²) in [5.74, 6) is 0. The highest BCUT2D eigenvalue weighted by atomic mass is 16.5. The van der Waals surface area contributed by atoms with Crippen LogP contribution in [0.4, 0.5) is 0 Å². The Morgan fingerprint density at radius 3 is 2.69 bits per heavy atom. The van der Waals surface area contributed by atoms with Gasteiger partial charge in [-0.15, -0.1) is 0 Å². The molecular weight excluding hydrogens is 324 g/mol. The summed E-state index contributed by atoms with van der Waals surface area (Å²) in [5.41, 5.74) is 2.75. The zero-order valence-corrected chi connectivity index (χ0v) is 15.9. The first-order valence-electron chi connectivity index (χ1n) is 9.62.